The lowest BCUT2D eigenvalue weighted by molar-refractivity contribution is 0.379. The van der Waals surface area contributed by atoms with Crippen molar-refractivity contribution in [3.8, 4) is 28.7 Å². The molecule has 0 aliphatic carbocycles. The molecule has 0 amide bonds. The third-order valence-corrected chi connectivity index (χ3v) is 5.61. The van der Waals surface area contributed by atoms with Crippen LogP contribution < -0.4 is 9.47 Å². The lowest BCUT2D eigenvalue weighted by atomic mass is 9.95. The quantitative estimate of drug-likeness (QED) is 0.377. The summed E-state index contributed by atoms with van der Waals surface area (Å²) < 4.78 is 12.7. The molecule has 180 valence electrons. The van der Waals surface area contributed by atoms with Gasteiger partial charge in [0.05, 0.1) is 25.6 Å². The van der Waals surface area contributed by atoms with Crippen molar-refractivity contribution in [1.82, 2.24) is 29.7 Å². The first-order valence-corrected chi connectivity index (χ1v) is 11.2. The minimum atomic E-state index is 0. The standard InChI is InChI=1S/C16H16N4O2.C10H16N2.H2/c1-11-18-19-15(12-7-5-4-6-8-12)20(11)14-13(21-2)9-10-17-16(14)22-3;1-7(2)9(4)10-6-11-8(3)5-12-10;/h4-10H,1-3H3;5-7,9H,1-4H3;1H/t;9-;/m.0./s1. The highest BCUT2D eigenvalue weighted by molar-refractivity contribution is 5.63. The zero-order chi connectivity index (χ0) is 24.7. The third kappa shape index (κ3) is 5.57. The van der Waals surface area contributed by atoms with Crippen LogP contribution >= 0.6 is 0 Å². The van der Waals surface area contributed by atoms with E-state index in [9.17, 15) is 0 Å². The normalized spacial score (nSPS) is 11.5. The molecular formula is C26H34N6O2. The van der Waals surface area contributed by atoms with Crippen molar-refractivity contribution in [2.24, 2.45) is 5.92 Å². The first-order valence-electron chi connectivity index (χ1n) is 11.2. The van der Waals surface area contributed by atoms with E-state index in [1.165, 1.54) is 0 Å². The largest absolute Gasteiger partial charge is 0.494 e. The van der Waals surface area contributed by atoms with Crippen molar-refractivity contribution in [2.75, 3.05) is 14.2 Å². The zero-order valence-electron chi connectivity index (χ0n) is 20.9. The molecule has 0 unspecified atom stereocenters. The average molecular weight is 463 g/mol. The van der Waals surface area contributed by atoms with Crippen LogP contribution in [0, 0.1) is 19.8 Å². The topological polar surface area (TPSA) is 87.8 Å². The second-order valence-electron chi connectivity index (χ2n) is 8.26. The fourth-order valence-corrected chi connectivity index (χ4v) is 3.32. The van der Waals surface area contributed by atoms with E-state index < -0.39 is 0 Å². The number of benzene rings is 1. The molecular weight excluding hydrogens is 428 g/mol. The highest BCUT2D eigenvalue weighted by Gasteiger charge is 2.21. The van der Waals surface area contributed by atoms with Crippen LogP contribution in [-0.4, -0.2) is 43.9 Å². The lowest BCUT2D eigenvalue weighted by Gasteiger charge is -2.15. The van der Waals surface area contributed by atoms with Gasteiger partial charge in [-0.1, -0.05) is 51.1 Å². The van der Waals surface area contributed by atoms with E-state index in [2.05, 4.69) is 45.9 Å². The number of hydrogen-bond donors (Lipinski definition) is 0. The summed E-state index contributed by atoms with van der Waals surface area (Å²) in [6.07, 6.45) is 5.34. The maximum absolute atomic E-state index is 5.46. The Morgan fingerprint density at radius 2 is 1.59 bits per heavy atom. The molecule has 0 saturated carbocycles. The summed E-state index contributed by atoms with van der Waals surface area (Å²) in [7, 11) is 3.19. The first-order chi connectivity index (χ1) is 16.4. The fraction of sp³-hybridized carbons (Fsp3) is 0.346. The number of methoxy groups -OCH3 is 2. The molecule has 34 heavy (non-hydrogen) atoms. The molecule has 8 heteroatoms. The van der Waals surface area contributed by atoms with E-state index >= 15 is 0 Å². The summed E-state index contributed by atoms with van der Waals surface area (Å²) >= 11 is 0. The Balaban J connectivity index is 0.000000284. The predicted octanol–water partition coefficient (Wildman–Crippen LogP) is 5.45. The summed E-state index contributed by atoms with van der Waals surface area (Å²) in [5, 5.41) is 8.48. The Morgan fingerprint density at radius 1 is 0.853 bits per heavy atom. The number of ether oxygens (including phenoxy) is 2. The highest BCUT2D eigenvalue weighted by Crippen LogP contribution is 2.34. The SMILES string of the molecule is COc1ccnc(OC)c1-n1c(C)nnc1-c1ccccc1.Cc1cnc([C@@H](C)C(C)C)cn1.[HH]. The third-order valence-electron chi connectivity index (χ3n) is 5.61. The van der Waals surface area contributed by atoms with Crippen LogP contribution in [-0.2, 0) is 0 Å². The molecule has 0 aliphatic heterocycles. The van der Waals surface area contributed by atoms with Gasteiger partial charge in [-0.3, -0.25) is 14.5 Å². The van der Waals surface area contributed by atoms with Crippen molar-refractivity contribution < 1.29 is 10.9 Å². The Hall–Kier alpha value is -3.81. The van der Waals surface area contributed by atoms with Gasteiger partial charge >= 0.3 is 0 Å². The van der Waals surface area contributed by atoms with Gasteiger partial charge in [0.15, 0.2) is 11.5 Å². The van der Waals surface area contributed by atoms with Crippen LogP contribution in [0.5, 0.6) is 11.6 Å². The van der Waals surface area contributed by atoms with E-state index in [-0.39, 0.29) is 1.43 Å². The van der Waals surface area contributed by atoms with Gasteiger partial charge in [0.2, 0.25) is 5.88 Å². The molecule has 1 atom stereocenters. The maximum Gasteiger partial charge on any atom is 0.242 e. The Kier molecular flexibility index (Phi) is 8.29. The Bertz CT molecular complexity index is 1170. The molecule has 0 aliphatic rings. The monoisotopic (exact) mass is 462 g/mol. The fourth-order valence-electron chi connectivity index (χ4n) is 3.32. The van der Waals surface area contributed by atoms with E-state index in [4.69, 9.17) is 9.47 Å². The second-order valence-corrected chi connectivity index (χ2v) is 8.26. The second kappa shape index (κ2) is 11.4. The van der Waals surface area contributed by atoms with Gasteiger partial charge in [0.1, 0.15) is 11.6 Å². The van der Waals surface area contributed by atoms with Crippen LogP contribution in [0.4, 0.5) is 0 Å². The number of aryl methyl sites for hydroxylation is 2. The predicted molar refractivity (Wildman–Crippen MR) is 135 cm³/mol. The van der Waals surface area contributed by atoms with Gasteiger partial charge < -0.3 is 9.47 Å². The van der Waals surface area contributed by atoms with Crippen LogP contribution in [0.1, 0.15) is 45.3 Å². The van der Waals surface area contributed by atoms with Gasteiger partial charge in [-0.25, -0.2) is 4.98 Å². The minimum absolute atomic E-state index is 0. The molecule has 8 nitrogen and oxygen atoms in total. The number of nitrogens with zero attached hydrogens (tertiary/aromatic N) is 6. The smallest absolute Gasteiger partial charge is 0.242 e. The molecule has 3 heterocycles. The summed E-state index contributed by atoms with van der Waals surface area (Å²) in [6, 6.07) is 11.6. The maximum atomic E-state index is 5.46. The lowest BCUT2D eigenvalue weighted by Crippen LogP contribution is -2.06. The molecule has 4 aromatic rings. The number of rotatable bonds is 6. The van der Waals surface area contributed by atoms with Crippen molar-refractivity contribution in [3.63, 3.8) is 0 Å². The van der Waals surface area contributed by atoms with Crippen LogP contribution in [0.25, 0.3) is 17.1 Å². The molecule has 0 spiro atoms. The minimum Gasteiger partial charge on any atom is -0.494 e. The summed E-state index contributed by atoms with van der Waals surface area (Å²) in [5.41, 5.74) is 3.72. The van der Waals surface area contributed by atoms with E-state index in [1.807, 2.05) is 61.1 Å². The summed E-state index contributed by atoms with van der Waals surface area (Å²) in [6.45, 7) is 10.4. The molecule has 0 radical (unpaired) electrons. The Morgan fingerprint density at radius 3 is 2.18 bits per heavy atom. The summed E-state index contributed by atoms with van der Waals surface area (Å²) in [5.74, 6) is 3.66. The van der Waals surface area contributed by atoms with E-state index in [0.717, 1.165) is 22.8 Å². The number of hydrogen-bond acceptors (Lipinski definition) is 7. The van der Waals surface area contributed by atoms with Crippen molar-refractivity contribution >= 4 is 0 Å². The van der Waals surface area contributed by atoms with Crippen LogP contribution in [0.3, 0.4) is 0 Å². The van der Waals surface area contributed by atoms with Crippen LogP contribution in [0.15, 0.2) is 55.0 Å². The number of aromatic nitrogens is 6. The molecule has 0 N–H and O–H groups in total. The molecule has 3 aromatic heterocycles. The van der Waals surface area contributed by atoms with Gasteiger partial charge in [0.25, 0.3) is 0 Å². The first kappa shape index (κ1) is 24.8. The van der Waals surface area contributed by atoms with Gasteiger partial charge in [-0.05, 0) is 19.8 Å². The average Bonchev–Trinajstić information content (AvgIpc) is 3.25. The van der Waals surface area contributed by atoms with E-state index in [1.54, 1.807) is 26.5 Å². The van der Waals surface area contributed by atoms with Gasteiger partial charge in [-0.15, -0.1) is 10.2 Å². The molecule has 0 saturated heterocycles. The number of pyridine rings is 1. The van der Waals surface area contributed by atoms with E-state index in [0.29, 0.717) is 35.0 Å². The van der Waals surface area contributed by atoms with Crippen molar-refractivity contribution in [1.29, 1.82) is 0 Å². The Labute approximate surface area is 202 Å². The molecule has 4 rings (SSSR count). The van der Waals surface area contributed by atoms with Crippen LogP contribution in [0.2, 0.25) is 0 Å². The molecule has 0 bridgehead atoms. The molecule has 1 aromatic carbocycles. The van der Waals surface area contributed by atoms with Gasteiger partial charge in [0, 0.05) is 37.6 Å². The van der Waals surface area contributed by atoms with Gasteiger partial charge in [-0.2, -0.15) is 0 Å². The highest BCUT2D eigenvalue weighted by atomic mass is 16.5. The van der Waals surface area contributed by atoms with Crippen molar-refractivity contribution in [3.05, 3.63) is 72.2 Å². The van der Waals surface area contributed by atoms with Crippen molar-refractivity contribution in [2.45, 2.75) is 40.5 Å². The molecule has 0 fully saturated rings. The summed E-state index contributed by atoms with van der Waals surface area (Å²) in [4.78, 5) is 12.8. The zero-order valence-corrected chi connectivity index (χ0v) is 20.9.